The third-order valence-electron chi connectivity index (χ3n) is 7.29. The van der Waals surface area contributed by atoms with Crippen LogP contribution in [0, 0.1) is 19.7 Å². The fraction of sp³-hybridized carbons (Fsp3) is 0.429. The van der Waals surface area contributed by atoms with Crippen LogP contribution in [0.2, 0.25) is 0 Å². The maximum Gasteiger partial charge on any atom is 0.252 e. The van der Waals surface area contributed by atoms with Crippen molar-refractivity contribution in [3.63, 3.8) is 0 Å². The van der Waals surface area contributed by atoms with Crippen LogP contribution in [-0.4, -0.2) is 42.8 Å². The van der Waals surface area contributed by atoms with E-state index in [4.69, 9.17) is 4.74 Å². The maximum absolute atomic E-state index is 13.6. The van der Waals surface area contributed by atoms with Crippen molar-refractivity contribution in [2.24, 2.45) is 0 Å². The van der Waals surface area contributed by atoms with Crippen LogP contribution in [0.5, 0.6) is 0 Å². The van der Waals surface area contributed by atoms with Crippen molar-refractivity contribution < 1.29 is 9.13 Å². The molecule has 2 atom stereocenters. The highest BCUT2D eigenvalue weighted by atomic mass is 19.1. The van der Waals surface area contributed by atoms with E-state index < -0.39 is 0 Å². The van der Waals surface area contributed by atoms with E-state index in [0.29, 0.717) is 25.2 Å². The van der Waals surface area contributed by atoms with Crippen LogP contribution in [0.25, 0.3) is 10.9 Å². The quantitative estimate of drug-likeness (QED) is 0.358. The third-order valence-corrected chi connectivity index (χ3v) is 7.29. The van der Waals surface area contributed by atoms with Gasteiger partial charge in [0.15, 0.2) is 5.82 Å². The molecule has 194 valence electrons. The minimum Gasteiger partial charge on any atom is -0.376 e. The first-order valence-corrected chi connectivity index (χ1v) is 12.9. The van der Waals surface area contributed by atoms with Gasteiger partial charge in [-0.25, -0.2) is 9.07 Å². The number of hydrogen-bond acceptors (Lipinski definition) is 6. The highest BCUT2D eigenvalue weighted by molar-refractivity contribution is 5.80. The van der Waals surface area contributed by atoms with Gasteiger partial charge in [-0.1, -0.05) is 19.1 Å². The van der Waals surface area contributed by atoms with Crippen molar-refractivity contribution in [1.82, 2.24) is 30.1 Å². The van der Waals surface area contributed by atoms with Crippen LogP contribution in [0.4, 0.5) is 4.39 Å². The lowest BCUT2D eigenvalue weighted by atomic mass is 10.0. The van der Waals surface area contributed by atoms with Gasteiger partial charge in [-0.15, -0.1) is 5.10 Å². The summed E-state index contributed by atoms with van der Waals surface area (Å²) >= 11 is 0. The molecule has 0 unspecified atom stereocenters. The smallest absolute Gasteiger partial charge is 0.252 e. The van der Waals surface area contributed by atoms with Crippen LogP contribution in [0.1, 0.15) is 60.3 Å². The van der Waals surface area contributed by atoms with E-state index in [2.05, 4.69) is 45.3 Å². The van der Waals surface area contributed by atoms with Gasteiger partial charge in [0.25, 0.3) is 5.56 Å². The zero-order valence-electron chi connectivity index (χ0n) is 21.6. The molecule has 1 aliphatic heterocycles. The van der Waals surface area contributed by atoms with Gasteiger partial charge < -0.3 is 9.72 Å². The average Bonchev–Trinajstić information content (AvgIpc) is 3.56. The Labute approximate surface area is 215 Å². The Hall–Kier alpha value is -3.43. The Balaban J connectivity index is 1.51. The van der Waals surface area contributed by atoms with Crippen molar-refractivity contribution in [2.75, 3.05) is 6.61 Å². The fourth-order valence-electron chi connectivity index (χ4n) is 5.12. The van der Waals surface area contributed by atoms with E-state index >= 15 is 0 Å². The number of tetrazole rings is 1. The zero-order valence-corrected chi connectivity index (χ0v) is 21.6. The molecule has 0 radical (unpaired) electrons. The lowest BCUT2D eigenvalue weighted by Crippen LogP contribution is -2.33. The molecular weight excluding hydrogens is 471 g/mol. The molecule has 1 saturated heterocycles. The molecule has 4 aromatic rings. The van der Waals surface area contributed by atoms with E-state index in [1.165, 1.54) is 17.7 Å². The van der Waals surface area contributed by atoms with Crippen LogP contribution < -0.4 is 5.56 Å². The molecule has 0 saturated carbocycles. The number of halogens is 1. The number of H-pyrrole nitrogens is 1. The van der Waals surface area contributed by atoms with Crippen LogP contribution >= 0.6 is 0 Å². The molecule has 5 rings (SSSR count). The summed E-state index contributed by atoms with van der Waals surface area (Å²) in [4.78, 5) is 18.4. The Kier molecular flexibility index (Phi) is 7.43. The van der Waals surface area contributed by atoms with Gasteiger partial charge in [0.1, 0.15) is 5.82 Å². The summed E-state index contributed by atoms with van der Waals surface area (Å²) in [6.07, 6.45) is 2.86. The second-order valence-corrected chi connectivity index (χ2v) is 9.96. The predicted molar refractivity (Wildman–Crippen MR) is 140 cm³/mol. The molecular formula is C28H33FN6O2. The summed E-state index contributed by atoms with van der Waals surface area (Å²) in [6.45, 7) is 8.46. The number of aryl methyl sites for hydroxylation is 2. The van der Waals surface area contributed by atoms with Gasteiger partial charge in [-0.2, -0.15) is 0 Å². The molecule has 0 amide bonds. The van der Waals surface area contributed by atoms with Gasteiger partial charge in [0.05, 0.1) is 18.7 Å². The first-order chi connectivity index (χ1) is 17.9. The lowest BCUT2D eigenvalue weighted by molar-refractivity contribution is 0.0888. The van der Waals surface area contributed by atoms with E-state index in [9.17, 15) is 9.18 Å². The van der Waals surface area contributed by atoms with Crippen LogP contribution in [-0.2, 0) is 24.4 Å². The van der Waals surface area contributed by atoms with Crippen LogP contribution in [0.3, 0.4) is 0 Å². The van der Waals surface area contributed by atoms with Gasteiger partial charge in [0.2, 0.25) is 0 Å². The molecule has 1 fully saturated rings. The van der Waals surface area contributed by atoms with Crippen LogP contribution in [0.15, 0.2) is 47.3 Å². The van der Waals surface area contributed by atoms with Gasteiger partial charge in [-0.3, -0.25) is 9.69 Å². The first kappa shape index (κ1) is 25.2. The Bertz CT molecular complexity index is 1430. The average molecular weight is 505 g/mol. The fourth-order valence-corrected chi connectivity index (χ4v) is 5.12. The molecule has 3 heterocycles. The molecule has 0 aliphatic carbocycles. The Morgan fingerprint density at radius 3 is 2.68 bits per heavy atom. The number of aromatic amines is 1. The minimum atomic E-state index is -0.278. The number of ether oxygens (including phenoxy) is 1. The molecule has 0 bridgehead atoms. The number of rotatable bonds is 9. The number of benzene rings is 2. The van der Waals surface area contributed by atoms with Crippen molar-refractivity contribution in [1.29, 1.82) is 0 Å². The monoisotopic (exact) mass is 504 g/mol. The van der Waals surface area contributed by atoms with Gasteiger partial charge in [-0.05, 0) is 95.9 Å². The topological polar surface area (TPSA) is 88.9 Å². The molecule has 1 N–H and O–H groups in total. The molecule has 9 heteroatoms. The second-order valence-electron chi connectivity index (χ2n) is 9.96. The lowest BCUT2D eigenvalue weighted by Gasteiger charge is -2.30. The number of fused-ring (bicyclic) bond motifs is 1. The second kappa shape index (κ2) is 10.9. The van der Waals surface area contributed by atoms with E-state index in [1.807, 2.05) is 23.7 Å². The summed E-state index contributed by atoms with van der Waals surface area (Å²) in [7, 11) is 0. The number of hydrogen-bond donors (Lipinski definition) is 1. The normalized spacial score (nSPS) is 16.6. The number of nitrogens with zero attached hydrogens (tertiary/aromatic N) is 5. The standard InChI is InChI=1S/C28H33FN6O2/c1-4-26(27-31-32-33-35(27)17-24-6-5-11-37-24)34(15-20-7-9-23(29)10-8-20)16-22-14-21-12-18(2)19(3)13-25(21)30-28(22)36/h7-10,12-14,24,26H,4-6,11,15-17H2,1-3H3,(H,30,36)/t24-,26+/m1/s1. The maximum atomic E-state index is 13.6. The minimum absolute atomic E-state index is 0.0975. The van der Waals surface area contributed by atoms with Gasteiger partial charge in [0, 0.05) is 30.8 Å². The van der Waals surface area contributed by atoms with Crippen molar-refractivity contribution in [3.05, 3.63) is 86.7 Å². The number of nitrogens with one attached hydrogen (secondary N) is 1. The molecule has 2 aromatic heterocycles. The van der Waals surface area contributed by atoms with Gasteiger partial charge >= 0.3 is 0 Å². The molecule has 2 aromatic carbocycles. The Morgan fingerprint density at radius 1 is 1.16 bits per heavy atom. The van der Waals surface area contributed by atoms with E-state index in [0.717, 1.165) is 53.7 Å². The van der Waals surface area contributed by atoms with Crippen molar-refractivity contribution >= 4 is 10.9 Å². The van der Waals surface area contributed by atoms with E-state index in [1.54, 1.807) is 12.1 Å². The SMILES string of the molecule is CC[C@@H](c1nnnn1C[C@H]1CCCO1)N(Cc1ccc(F)cc1)Cc1cc2cc(C)c(C)cc2[nH]c1=O. The molecule has 37 heavy (non-hydrogen) atoms. The van der Waals surface area contributed by atoms with Crippen molar-refractivity contribution in [2.45, 2.75) is 71.8 Å². The summed E-state index contributed by atoms with van der Waals surface area (Å²) in [5.41, 5.74) is 4.63. The molecule has 1 aliphatic rings. The summed E-state index contributed by atoms with van der Waals surface area (Å²) < 4.78 is 21.3. The zero-order chi connectivity index (χ0) is 25.9. The van der Waals surface area contributed by atoms with Crippen molar-refractivity contribution in [3.8, 4) is 0 Å². The third kappa shape index (κ3) is 5.62. The highest BCUT2D eigenvalue weighted by Crippen LogP contribution is 2.28. The Morgan fingerprint density at radius 2 is 1.95 bits per heavy atom. The summed E-state index contributed by atoms with van der Waals surface area (Å²) in [5.74, 6) is 0.461. The molecule has 8 nitrogen and oxygen atoms in total. The summed E-state index contributed by atoms with van der Waals surface area (Å²) in [6, 6.07) is 12.4. The number of pyridine rings is 1. The predicted octanol–water partition coefficient (Wildman–Crippen LogP) is 4.60. The first-order valence-electron chi connectivity index (χ1n) is 12.9. The number of aromatic nitrogens is 5. The largest absolute Gasteiger partial charge is 0.376 e. The van der Waals surface area contributed by atoms with E-state index in [-0.39, 0.29) is 23.5 Å². The highest BCUT2D eigenvalue weighted by Gasteiger charge is 2.28. The summed E-state index contributed by atoms with van der Waals surface area (Å²) in [5, 5.41) is 13.6. The molecule has 0 spiro atoms.